The zero-order valence-electron chi connectivity index (χ0n) is 18.7. The number of hydrogen-bond acceptors (Lipinski definition) is 4. The van der Waals surface area contributed by atoms with Crippen molar-refractivity contribution in [2.45, 2.75) is 65.6 Å². The maximum atomic E-state index is 13.0. The molecule has 1 aliphatic rings. The van der Waals surface area contributed by atoms with E-state index in [9.17, 15) is 9.90 Å². The molecule has 5 nitrogen and oxygen atoms in total. The molecule has 1 heterocycles. The number of carbonyl (C=O) groups excluding carboxylic acids is 1. The zero-order valence-corrected chi connectivity index (χ0v) is 18.7. The Kier molecular flexibility index (Phi) is 6.71. The van der Waals surface area contributed by atoms with Gasteiger partial charge in [-0.3, -0.25) is 4.79 Å². The number of fused-ring (bicyclic) bond motifs is 1. The molecule has 2 aromatic carbocycles. The predicted octanol–water partition coefficient (Wildman–Crippen LogP) is 5.26. The van der Waals surface area contributed by atoms with Crippen LogP contribution >= 0.6 is 0 Å². The van der Waals surface area contributed by atoms with Gasteiger partial charge >= 0.3 is 0 Å². The molecule has 1 N–H and O–H groups in total. The molecule has 3 rings (SSSR count). The highest BCUT2D eigenvalue weighted by Gasteiger charge is 2.25. The van der Waals surface area contributed by atoms with Gasteiger partial charge in [0.05, 0.1) is 18.8 Å². The molecule has 5 heteroatoms. The molecule has 1 amide bonds. The number of carbonyl (C=O) groups is 1. The molecule has 162 valence electrons. The summed E-state index contributed by atoms with van der Waals surface area (Å²) in [5.41, 5.74) is 3.55. The van der Waals surface area contributed by atoms with E-state index < -0.39 is 0 Å². The third-order valence-corrected chi connectivity index (χ3v) is 5.18. The van der Waals surface area contributed by atoms with Crippen molar-refractivity contribution in [1.29, 1.82) is 0 Å². The number of phenols is 1. The molecular weight excluding hydrogens is 378 g/mol. The molecule has 0 atom stereocenters. The minimum absolute atomic E-state index is 0.0186. The van der Waals surface area contributed by atoms with Crippen LogP contribution in [0.15, 0.2) is 36.4 Å². The summed E-state index contributed by atoms with van der Waals surface area (Å²) in [7, 11) is 0. The van der Waals surface area contributed by atoms with Crippen LogP contribution in [0.5, 0.6) is 11.5 Å². The average Bonchev–Trinajstić information content (AvgIpc) is 3.09. The lowest BCUT2D eigenvalue weighted by Crippen LogP contribution is -2.25. The van der Waals surface area contributed by atoms with Crippen LogP contribution in [0.4, 0.5) is 0 Å². The van der Waals surface area contributed by atoms with Crippen LogP contribution in [0, 0.1) is 0 Å². The van der Waals surface area contributed by atoms with Crippen LogP contribution in [0.3, 0.4) is 0 Å². The number of rotatable bonds is 7. The Balaban J connectivity index is 1.59. The Morgan fingerprint density at radius 1 is 1.07 bits per heavy atom. The van der Waals surface area contributed by atoms with Crippen molar-refractivity contribution in [3.63, 3.8) is 0 Å². The topological polar surface area (TPSA) is 59.0 Å². The van der Waals surface area contributed by atoms with E-state index in [0.29, 0.717) is 31.9 Å². The fourth-order valence-electron chi connectivity index (χ4n) is 3.56. The van der Waals surface area contributed by atoms with Gasteiger partial charge in [-0.2, -0.15) is 0 Å². The highest BCUT2D eigenvalue weighted by atomic mass is 16.5. The van der Waals surface area contributed by atoms with Gasteiger partial charge in [0.2, 0.25) is 0 Å². The molecule has 30 heavy (non-hydrogen) atoms. The third-order valence-electron chi connectivity index (χ3n) is 5.18. The van der Waals surface area contributed by atoms with Gasteiger partial charge in [0.15, 0.2) is 0 Å². The van der Waals surface area contributed by atoms with Gasteiger partial charge in [-0.05, 0) is 73.7 Å². The number of nitrogens with zero attached hydrogens (tertiary/aromatic N) is 1. The molecule has 0 radical (unpaired) electrons. The van der Waals surface area contributed by atoms with Gasteiger partial charge < -0.3 is 19.5 Å². The van der Waals surface area contributed by atoms with E-state index in [1.165, 1.54) is 0 Å². The molecular formula is C25H33NO4. The Morgan fingerprint density at radius 2 is 1.80 bits per heavy atom. The number of ether oxygens (including phenoxy) is 2. The molecule has 0 aromatic heterocycles. The summed E-state index contributed by atoms with van der Waals surface area (Å²) < 4.78 is 11.6. The van der Waals surface area contributed by atoms with Gasteiger partial charge in [0, 0.05) is 25.1 Å². The molecule has 2 aromatic rings. The maximum absolute atomic E-state index is 13.0. The summed E-state index contributed by atoms with van der Waals surface area (Å²) in [4.78, 5) is 14.8. The smallest absolute Gasteiger partial charge is 0.254 e. The minimum Gasteiger partial charge on any atom is -0.508 e. The zero-order chi connectivity index (χ0) is 21.9. The SMILES string of the molecule is CC(C)c1cc(C(=O)N2Cc3ccc(OCCCOC(C)(C)C)cc3C2)ccc1O. The normalized spacial score (nSPS) is 13.6. The highest BCUT2D eigenvalue weighted by Crippen LogP contribution is 2.30. The van der Waals surface area contributed by atoms with E-state index in [2.05, 4.69) is 0 Å². The first-order valence-corrected chi connectivity index (χ1v) is 10.6. The number of phenolic OH excluding ortho intramolecular Hbond substituents is 1. The van der Waals surface area contributed by atoms with Crippen LogP contribution in [0.1, 0.15) is 74.0 Å². The van der Waals surface area contributed by atoms with E-state index in [-0.39, 0.29) is 23.2 Å². The predicted molar refractivity (Wildman–Crippen MR) is 118 cm³/mol. The Labute approximate surface area is 179 Å². The second-order valence-corrected chi connectivity index (χ2v) is 9.18. The van der Waals surface area contributed by atoms with Crippen molar-refractivity contribution >= 4 is 5.91 Å². The third kappa shape index (κ3) is 5.54. The first-order valence-electron chi connectivity index (χ1n) is 10.6. The van der Waals surface area contributed by atoms with Crippen molar-refractivity contribution in [2.24, 2.45) is 0 Å². The second kappa shape index (κ2) is 9.09. The summed E-state index contributed by atoms with van der Waals surface area (Å²) in [5.74, 6) is 1.20. The number of hydrogen-bond donors (Lipinski definition) is 1. The molecule has 0 saturated heterocycles. The lowest BCUT2D eigenvalue weighted by atomic mass is 9.99. The number of aromatic hydroxyl groups is 1. The highest BCUT2D eigenvalue weighted by molar-refractivity contribution is 5.95. The molecule has 0 unspecified atom stereocenters. The minimum atomic E-state index is -0.128. The van der Waals surface area contributed by atoms with E-state index in [1.54, 1.807) is 18.2 Å². The standard InChI is InChI=1S/C25H33NO4/c1-17(2)22-14-18(8-10-23(22)27)24(28)26-15-19-7-9-21(13-20(19)16-26)29-11-6-12-30-25(3,4)5/h7-10,13-14,17,27H,6,11-12,15-16H2,1-5H3. The summed E-state index contributed by atoms with van der Waals surface area (Å²) in [5, 5.41) is 10.0. The molecule has 0 aliphatic carbocycles. The lowest BCUT2D eigenvalue weighted by Gasteiger charge is -2.19. The van der Waals surface area contributed by atoms with Gasteiger partial charge in [0.1, 0.15) is 11.5 Å². The van der Waals surface area contributed by atoms with Crippen molar-refractivity contribution in [3.05, 3.63) is 58.7 Å². The first-order chi connectivity index (χ1) is 14.1. The van der Waals surface area contributed by atoms with E-state index in [1.807, 2.05) is 57.7 Å². The van der Waals surface area contributed by atoms with Gasteiger partial charge in [-0.1, -0.05) is 19.9 Å². The summed E-state index contributed by atoms with van der Waals surface area (Å²) in [6.45, 7) is 12.6. The van der Waals surface area contributed by atoms with Crippen LogP contribution in [-0.2, 0) is 17.8 Å². The molecule has 0 spiro atoms. The second-order valence-electron chi connectivity index (χ2n) is 9.18. The average molecular weight is 412 g/mol. The van der Waals surface area contributed by atoms with Crippen molar-refractivity contribution < 1.29 is 19.4 Å². The molecule has 0 fully saturated rings. The van der Waals surface area contributed by atoms with E-state index in [4.69, 9.17) is 9.47 Å². The van der Waals surface area contributed by atoms with Crippen molar-refractivity contribution in [2.75, 3.05) is 13.2 Å². The fraction of sp³-hybridized carbons (Fsp3) is 0.480. The summed E-state index contributed by atoms with van der Waals surface area (Å²) >= 11 is 0. The van der Waals surface area contributed by atoms with Gasteiger partial charge in [-0.15, -0.1) is 0 Å². The van der Waals surface area contributed by atoms with Gasteiger partial charge in [-0.25, -0.2) is 0 Å². The Hall–Kier alpha value is -2.53. The van der Waals surface area contributed by atoms with E-state index >= 15 is 0 Å². The summed E-state index contributed by atoms with van der Waals surface area (Å²) in [6.07, 6.45) is 0.831. The quantitative estimate of drug-likeness (QED) is 0.632. The summed E-state index contributed by atoms with van der Waals surface area (Å²) in [6, 6.07) is 11.2. The lowest BCUT2D eigenvalue weighted by molar-refractivity contribution is -0.00769. The van der Waals surface area contributed by atoms with Crippen LogP contribution in [0.2, 0.25) is 0 Å². The fourth-order valence-corrected chi connectivity index (χ4v) is 3.56. The molecule has 0 bridgehead atoms. The van der Waals surface area contributed by atoms with Crippen LogP contribution < -0.4 is 4.74 Å². The van der Waals surface area contributed by atoms with Crippen LogP contribution in [-0.4, -0.2) is 34.7 Å². The van der Waals surface area contributed by atoms with Crippen molar-refractivity contribution in [1.82, 2.24) is 4.90 Å². The maximum Gasteiger partial charge on any atom is 0.254 e. The molecule has 0 saturated carbocycles. The largest absolute Gasteiger partial charge is 0.508 e. The van der Waals surface area contributed by atoms with Crippen molar-refractivity contribution in [3.8, 4) is 11.5 Å². The van der Waals surface area contributed by atoms with Crippen LogP contribution in [0.25, 0.3) is 0 Å². The monoisotopic (exact) mass is 411 g/mol. The first kappa shape index (κ1) is 22.2. The van der Waals surface area contributed by atoms with Gasteiger partial charge in [0.25, 0.3) is 5.91 Å². The Morgan fingerprint density at radius 3 is 2.50 bits per heavy atom. The van der Waals surface area contributed by atoms with E-state index in [0.717, 1.165) is 28.9 Å². The number of amides is 1. The Bertz CT molecular complexity index is 899. The number of benzene rings is 2. The molecule has 1 aliphatic heterocycles.